The molecule has 1 aliphatic carbocycles. The van der Waals surface area contributed by atoms with Crippen molar-refractivity contribution in [3.63, 3.8) is 0 Å². The van der Waals surface area contributed by atoms with Gasteiger partial charge in [0.1, 0.15) is 11.9 Å². The fourth-order valence-electron chi connectivity index (χ4n) is 6.57. The topological polar surface area (TPSA) is 89.0 Å². The molecule has 2 fully saturated rings. The van der Waals surface area contributed by atoms with Gasteiger partial charge in [-0.1, -0.05) is 79.0 Å². The molecule has 2 heterocycles. The molecule has 1 saturated heterocycles. The summed E-state index contributed by atoms with van der Waals surface area (Å²) >= 11 is 0. The molecule has 0 unspecified atom stereocenters. The van der Waals surface area contributed by atoms with Gasteiger partial charge in [-0.25, -0.2) is 14.2 Å². The molecule has 41 heavy (non-hydrogen) atoms. The van der Waals surface area contributed by atoms with Crippen molar-refractivity contribution in [3.05, 3.63) is 59.0 Å². The van der Waals surface area contributed by atoms with E-state index in [1.54, 1.807) is 31.5 Å². The molecule has 4 atom stereocenters. The number of carboxylic acid groups (broad SMARTS) is 1. The summed E-state index contributed by atoms with van der Waals surface area (Å²) < 4.78 is 27.7. The van der Waals surface area contributed by atoms with E-state index in [4.69, 9.17) is 9.47 Å². The van der Waals surface area contributed by atoms with E-state index in [9.17, 15) is 14.7 Å². The van der Waals surface area contributed by atoms with Gasteiger partial charge in [0.2, 0.25) is 11.8 Å². The van der Waals surface area contributed by atoms with Gasteiger partial charge in [-0.05, 0) is 41.4 Å². The van der Waals surface area contributed by atoms with Crippen LogP contribution in [0.1, 0.15) is 96.4 Å². The Labute approximate surface area is 243 Å². The van der Waals surface area contributed by atoms with Crippen molar-refractivity contribution in [1.29, 1.82) is 0 Å². The number of benzene rings is 1. The van der Waals surface area contributed by atoms with Crippen LogP contribution in [-0.4, -0.2) is 46.1 Å². The zero-order valence-electron chi connectivity index (χ0n) is 25.4. The third-order valence-electron chi connectivity index (χ3n) is 8.71. The van der Waals surface area contributed by atoms with Gasteiger partial charge in [0.15, 0.2) is 0 Å². The Morgan fingerprint density at radius 3 is 2.29 bits per heavy atom. The molecule has 2 aliphatic rings. The van der Waals surface area contributed by atoms with Gasteiger partial charge in [-0.3, -0.25) is 4.79 Å². The van der Waals surface area contributed by atoms with Crippen molar-refractivity contribution in [1.82, 2.24) is 9.88 Å². The highest BCUT2D eigenvalue weighted by Gasteiger charge is 2.59. The molecule has 0 radical (unpaired) electrons. The number of hydrogen-bond donors (Lipinski definition) is 1. The number of aliphatic carboxylic acids is 1. The van der Waals surface area contributed by atoms with Gasteiger partial charge in [0.25, 0.3) is 0 Å². The van der Waals surface area contributed by atoms with Crippen molar-refractivity contribution in [3.8, 4) is 5.88 Å². The van der Waals surface area contributed by atoms with Crippen LogP contribution in [0.4, 0.5) is 4.39 Å². The molecule has 224 valence electrons. The maximum absolute atomic E-state index is 15.5. The standard InChI is InChI=1S/C33H45FN2O5/c1-32(2,3)22-17-21(29(40-7)35-18-22)19-41-28-25(33(4,5)6)27(31(38)39)36(30(37)20-13-9-8-10-14-20)26(28)23-15-11-12-16-24(23)34/h11-12,15-18,20,25-28H,8-10,13-14,19H2,1-7H3,(H,38,39)/t25-,26+,27+,28+/m1/s1. The first-order chi connectivity index (χ1) is 19.3. The molecule has 8 heteroatoms. The number of halogens is 1. The van der Waals surface area contributed by atoms with E-state index in [-0.39, 0.29) is 29.4 Å². The number of pyridine rings is 1. The molecule has 4 rings (SSSR count). The van der Waals surface area contributed by atoms with E-state index in [1.165, 1.54) is 11.0 Å². The average molecular weight is 569 g/mol. The third kappa shape index (κ3) is 6.42. The molecule has 1 saturated carbocycles. The molecule has 1 amide bonds. The van der Waals surface area contributed by atoms with Gasteiger partial charge in [-0.2, -0.15) is 0 Å². The lowest BCUT2D eigenvalue weighted by molar-refractivity contribution is -0.154. The Balaban J connectivity index is 1.84. The zero-order valence-corrected chi connectivity index (χ0v) is 25.4. The average Bonchev–Trinajstić information content (AvgIpc) is 3.27. The highest BCUT2D eigenvalue weighted by atomic mass is 19.1. The number of methoxy groups -OCH3 is 1. The van der Waals surface area contributed by atoms with Gasteiger partial charge < -0.3 is 19.5 Å². The predicted octanol–water partition coefficient (Wildman–Crippen LogP) is 6.69. The molecule has 7 nitrogen and oxygen atoms in total. The summed E-state index contributed by atoms with van der Waals surface area (Å²) in [6, 6.07) is 6.24. The van der Waals surface area contributed by atoms with Crippen molar-refractivity contribution >= 4 is 11.9 Å². The quantitative estimate of drug-likeness (QED) is 0.400. The van der Waals surface area contributed by atoms with Gasteiger partial charge in [0, 0.05) is 29.2 Å². The molecular formula is C33H45FN2O5. The maximum atomic E-state index is 15.5. The fraction of sp³-hybridized carbons (Fsp3) is 0.606. The second-order valence-electron chi connectivity index (χ2n) is 13.6. The summed E-state index contributed by atoms with van der Waals surface area (Å²) in [4.78, 5) is 33.2. The highest BCUT2D eigenvalue weighted by molar-refractivity contribution is 5.87. The molecule has 1 aromatic carbocycles. The predicted molar refractivity (Wildman–Crippen MR) is 155 cm³/mol. The van der Waals surface area contributed by atoms with Crippen LogP contribution >= 0.6 is 0 Å². The van der Waals surface area contributed by atoms with Crippen LogP contribution in [-0.2, 0) is 26.3 Å². The van der Waals surface area contributed by atoms with Crippen LogP contribution in [0.15, 0.2) is 36.5 Å². The number of carboxylic acids is 1. The highest BCUT2D eigenvalue weighted by Crippen LogP contribution is 2.51. The van der Waals surface area contributed by atoms with Crippen molar-refractivity contribution in [2.45, 2.75) is 104 Å². The van der Waals surface area contributed by atoms with Gasteiger partial charge >= 0.3 is 5.97 Å². The molecule has 1 aliphatic heterocycles. The minimum atomic E-state index is -1.17. The smallest absolute Gasteiger partial charge is 0.326 e. The molecule has 1 aromatic heterocycles. The van der Waals surface area contributed by atoms with Gasteiger partial charge in [-0.15, -0.1) is 0 Å². The minimum Gasteiger partial charge on any atom is -0.481 e. The molecule has 0 spiro atoms. The van der Waals surface area contributed by atoms with Crippen LogP contribution in [0.5, 0.6) is 5.88 Å². The number of carbonyl (C=O) groups is 2. The monoisotopic (exact) mass is 568 g/mol. The number of rotatable bonds is 7. The largest absolute Gasteiger partial charge is 0.481 e. The number of likely N-dealkylation sites (tertiary alicyclic amines) is 1. The van der Waals surface area contributed by atoms with Crippen LogP contribution in [0, 0.1) is 23.1 Å². The van der Waals surface area contributed by atoms with E-state index in [0.29, 0.717) is 24.3 Å². The lowest BCUT2D eigenvalue weighted by Crippen LogP contribution is -2.49. The van der Waals surface area contributed by atoms with Crippen molar-refractivity contribution in [2.24, 2.45) is 17.3 Å². The number of aromatic nitrogens is 1. The Kier molecular flexibility index (Phi) is 9.12. The third-order valence-corrected chi connectivity index (χ3v) is 8.71. The Morgan fingerprint density at radius 1 is 1.07 bits per heavy atom. The Bertz CT molecular complexity index is 1240. The first-order valence-corrected chi connectivity index (χ1v) is 14.7. The van der Waals surface area contributed by atoms with Crippen LogP contribution in [0.2, 0.25) is 0 Å². The van der Waals surface area contributed by atoms with E-state index in [1.807, 2.05) is 26.8 Å². The Hall–Kier alpha value is -3.00. The van der Waals surface area contributed by atoms with Crippen LogP contribution in [0.3, 0.4) is 0 Å². The Morgan fingerprint density at radius 2 is 1.73 bits per heavy atom. The summed E-state index contributed by atoms with van der Waals surface area (Å²) in [5.74, 6) is -2.29. The normalized spacial score (nSPS) is 24.0. The van der Waals surface area contributed by atoms with Gasteiger partial charge in [0.05, 0.1) is 25.9 Å². The van der Waals surface area contributed by atoms with Crippen molar-refractivity contribution in [2.75, 3.05) is 7.11 Å². The number of nitrogens with zero attached hydrogens (tertiary/aromatic N) is 2. The first kappa shape index (κ1) is 30.9. The number of ether oxygens (including phenoxy) is 2. The summed E-state index contributed by atoms with van der Waals surface area (Å²) in [7, 11) is 1.54. The van der Waals surface area contributed by atoms with E-state index in [0.717, 1.165) is 24.8 Å². The number of hydrogen-bond acceptors (Lipinski definition) is 5. The number of carbonyl (C=O) groups excluding carboxylic acids is 1. The molecule has 2 aromatic rings. The van der Waals surface area contributed by atoms with Crippen LogP contribution in [0.25, 0.3) is 0 Å². The second-order valence-corrected chi connectivity index (χ2v) is 13.6. The summed E-state index contributed by atoms with van der Waals surface area (Å²) in [5.41, 5.74) is 1.24. The van der Waals surface area contributed by atoms with Crippen LogP contribution < -0.4 is 4.74 Å². The SMILES string of the molecule is COc1ncc(C(C)(C)C)cc1CO[C@H]1[C@H](C(C)(C)C)[C@@H](C(=O)O)N(C(=O)C2CCCCC2)[C@H]1c1ccccc1F. The summed E-state index contributed by atoms with van der Waals surface area (Å²) in [6.07, 6.45) is 5.31. The second kappa shape index (κ2) is 12.1. The summed E-state index contributed by atoms with van der Waals surface area (Å²) in [5, 5.41) is 10.6. The first-order valence-electron chi connectivity index (χ1n) is 14.7. The van der Waals surface area contributed by atoms with E-state index < -0.39 is 41.3 Å². The number of amides is 1. The lowest BCUT2D eigenvalue weighted by Gasteiger charge is -2.35. The minimum absolute atomic E-state index is 0.0695. The zero-order chi connectivity index (χ0) is 30.1. The molecule has 1 N–H and O–H groups in total. The fourth-order valence-corrected chi connectivity index (χ4v) is 6.57. The van der Waals surface area contributed by atoms with Crippen molar-refractivity contribution < 1.29 is 28.6 Å². The summed E-state index contributed by atoms with van der Waals surface area (Å²) in [6.45, 7) is 12.2. The molecule has 0 bridgehead atoms. The maximum Gasteiger partial charge on any atom is 0.326 e. The molecular weight excluding hydrogens is 523 g/mol. The lowest BCUT2D eigenvalue weighted by atomic mass is 9.73. The van der Waals surface area contributed by atoms with E-state index in [2.05, 4.69) is 25.8 Å². The van der Waals surface area contributed by atoms with E-state index >= 15 is 4.39 Å².